The van der Waals surface area contributed by atoms with Crippen LogP contribution in [0.25, 0.3) is 10.4 Å². The number of rotatable bonds is 2. The van der Waals surface area contributed by atoms with Gasteiger partial charge in [-0.25, -0.2) is 4.98 Å². The Morgan fingerprint density at radius 1 is 1.47 bits per heavy atom. The number of aromatic nitrogens is 1. The maximum Gasteiger partial charge on any atom is 0.231 e. The van der Waals surface area contributed by atoms with Crippen LogP contribution in [0.2, 0.25) is 5.15 Å². The molecular weight excluding hydrogens is 240 g/mol. The predicted molar refractivity (Wildman–Crippen MR) is 63.5 cm³/mol. The van der Waals surface area contributed by atoms with Gasteiger partial charge >= 0.3 is 0 Å². The lowest BCUT2D eigenvalue weighted by Gasteiger charge is -2.24. The predicted octanol–water partition coefficient (Wildman–Crippen LogP) is 3.38. The summed E-state index contributed by atoms with van der Waals surface area (Å²) in [5, 5.41) is 3.59. The Bertz CT molecular complexity index is 490. The molecule has 0 atom stereocenters. The largest absolute Gasteiger partial charge is 0.292 e. The Labute approximate surface area is 103 Å². The number of hydrogen-bond donors (Lipinski definition) is 0. The number of carbonyl (C=O) groups is 1. The fraction of sp³-hybridized carbons (Fsp3) is 0.455. The molecule has 0 spiro atoms. The Morgan fingerprint density at radius 3 is 2.76 bits per heavy atom. The van der Waals surface area contributed by atoms with Gasteiger partial charge in [0.1, 0.15) is 5.15 Å². The Hall–Kier alpha value is -1.58. The summed E-state index contributed by atoms with van der Waals surface area (Å²) in [4.78, 5) is 18.8. The van der Waals surface area contributed by atoms with E-state index in [1.807, 2.05) is 0 Å². The molecule has 6 heteroatoms. The minimum absolute atomic E-state index is 0.350. The minimum Gasteiger partial charge on any atom is -0.292 e. The first-order valence-corrected chi connectivity index (χ1v) is 5.79. The van der Waals surface area contributed by atoms with Gasteiger partial charge in [-0.1, -0.05) is 30.5 Å². The van der Waals surface area contributed by atoms with Crippen molar-refractivity contribution in [1.82, 2.24) is 4.98 Å². The summed E-state index contributed by atoms with van der Waals surface area (Å²) in [5.41, 5.74) is 8.25. The van der Waals surface area contributed by atoms with Gasteiger partial charge in [-0.2, -0.15) is 0 Å². The van der Waals surface area contributed by atoms with E-state index in [1.165, 1.54) is 0 Å². The third-order valence-corrected chi connectivity index (χ3v) is 3.42. The number of halogens is 1. The van der Waals surface area contributed by atoms with E-state index in [-0.39, 0.29) is 0 Å². The zero-order chi connectivity index (χ0) is 12.3. The maximum absolute atomic E-state index is 12.0. The molecule has 1 heterocycles. The first kappa shape index (κ1) is 11.9. The van der Waals surface area contributed by atoms with Crippen molar-refractivity contribution in [2.75, 3.05) is 0 Å². The lowest BCUT2D eigenvalue weighted by molar-refractivity contribution is -0.123. The topological polar surface area (TPSA) is 78.7 Å². The molecule has 1 fully saturated rings. The van der Waals surface area contributed by atoms with Crippen LogP contribution in [0.5, 0.6) is 0 Å². The van der Waals surface area contributed by atoms with Crippen LogP contribution in [0, 0.1) is 0 Å². The molecule has 0 aromatic carbocycles. The number of pyridine rings is 1. The fourth-order valence-electron chi connectivity index (χ4n) is 2.37. The third kappa shape index (κ3) is 2.12. The van der Waals surface area contributed by atoms with Crippen LogP contribution in [-0.4, -0.2) is 10.9 Å². The second-order valence-corrected chi connectivity index (χ2v) is 4.52. The molecule has 0 aliphatic heterocycles. The zero-order valence-electron chi connectivity index (χ0n) is 9.14. The van der Waals surface area contributed by atoms with Gasteiger partial charge in [-0.05, 0) is 35.6 Å². The maximum atomic E-state index is 12.0. The molecule has 1 amide bonds. The average Bonchev–Trinajstić information content (AvgIpc) is 2.79. The van der Waals surface area contributed by atoms with Crippen molar-refractivity contribution in [3.05, 3.63) is 39.5 Å². The van der Waals surface area contributed by atoms with Crippen LogP contribution in [0.15, 0.2) is 23.3 Å². The first-order chi connectivity index (χ1) is 8.19. The van der Waals surface area contributed by atoms with E-state index in [2.05, 4.69) is 15.0 Å². The van der Waals surface area contributed by atoms with Crippen molar-refractivity contribution in [2.45, 2.75) is 31.1 Å². The highest BCUT2D eigenvalue weighted by Gasteiger charge is 2.43. The normalized spacial score (nSPS) is 17.5. The van der Waals surface area contributed by atoms with Crippen molar-refractivity contribution in [3.8, 4) is 0 Å². The van der Waals surface area contributed by atoms with Gasteiger partial charge in [-0.15, -0.1) is 0 Å². The van der Waals surface area contributed by atoms with E-state index in [4.69, 9.17) is 17.1 Å². The summed E-state index contributed by atoms with van der Waals surface area (Å²) in [6.07, 6.45) is 3.19. The van der Waals surface area contributed by atoms with Crippen LogP contribution >= 0.6 is 11.6 Å². The van der Waals surface area contributed by atoms with Crippen molar-refractivity contribution in [1.29, 1.82) is 0 Å². The fourth-order valence-corrected chi connectivity index (χ4v) is 2.53. The van der Waals surface area contributed by atoms with E-state index >= 15 is 0 Å². The molecule has 0 N–H and O–H groups in total. The molecule has 1 aliphatic carbocycles. The Balaban J connectivity index is 2.48. The highest BCUT2D eigenvalue weighted by molar-refractivity contribution is 6.29. The van der Waals surface area contributed by atoms with E-state index in [0.717, 1.165) is 12.8 Å². The molecule has 5 nitrogen and oxygen atoms in total. The smallest absolute Gasteiger partial charge is 0.231 e. The number of azide groups is 1. The molecule has 88 valence electrons. The highest BCUT2D eigenvalue weighted by Crippen LogP contribution is 2.41. The molecule has 0 unspecified atom stereocenters. The molecule has 0 saturated heterocycles. The van der Waals surface area contributed by atoms with Crippen molar-refractivity contribution >= 4 is 17.5 Å². The van der Waals surface area contributed by atoms with Gasteiger partial charge in [0.25, 0.3) is 0 Å². The van der Waals surface area contributed by atoms with Crippen LogP contribution in [0.1, 0.15) is 31.4 Å². The summed E-state index contributed by atoms with van der Waals surface area (Å²) in [5.74, 6) is -0.452. The zero-order valence-corrected chi connectivity index (χ0v) is 9.89. The van der Waals surface area contributed by atoms with Crippen molar-refractivity contribution in [2.24, 2.45) is 5.11 Å². The second kappa shape index (κ2) is 4.73. The van der Waals surface area contributed by atoms with Gasteiger partial charge < -0.3 is 0 Å². The molecule has 0 bridgehead atoms. The van der Waals surface area contributed by atoms with E-state index < -0.39 is 11.3 Å². The molecule has 1 saturated carbocycles. The summed E-state index contributed by atoms with van der Waals surface area (Å²) >= 11 is 5.84. The third-order valence-electron chi connectivity index (χ3n) is 3.21. The van der Waals surface area contributed by atoms with Gasteiger partial charge in [-0.3, -0.25) is 4.79 Å². The van der Waals surface area contributed by atoms with Crippen molar-refractivity contribution in [3.63, 3.8) is 0 Å². The summed E-state index contributed by atoms with van der Waals surface area (Å²) in [6, 6.07) is 5.18. The standard InChI is InChI=1S/C11H11ClN4O/c12-9-5-3-4-8(14-9)11(6-1-2-7-11)10(17)15-16-13/h3-5H,1-2,6-7H2. The molecule has 1 aromatic rings. The van der Waals surface area contributed by atoms with Crippen molar-refractivity contribution < 1.29 is 4.79 Å². The second-order valence-electron chi connectivity index (χ2n) is 4.13. The van der Waals surface area contributed by atoms with Gasteiger partial charge in [0, 0.05) is 4.91 Å². The van der Waals surface area contributed by atoms with Crippen LogP contribution in [-0.2, 0) is 10.2 Å². The first-order valence-electron chi connectivity index (χ1n) is 5.42. The van der Waals surface area contributed by atoms with Gasteiger partial charge in [0.2, 0.25) is 5.91 Å². The van der Waals surface area contributed by atoms with Gasteiger partial charge in [0.05, 0.1) is 11.1 Å². The number of amides is 1. The minimum atomic E-state index is -0.767. The van der Waals surface area contributed by atoms with Crippen LogP contribution < -0.4 is 0 Å². The Kier molecular flexibility index (Phi) is 3.31. The van der Waals surface area contributed by atoms with E-state index in [0.29, 0.717) is 23.7 Å². The number of carbonyl (C=O) groups excluding carboxylic acids is 1. The summed E-state index contributed by atoms with van der Waals surface area (Å²) < 4.78 is 0. The monoisotopic (exact) mass is 250 g/mol. The molecule has 1 aromatic heterocycles. The summed E-state index contributed by atoms with van der Waals surface area (Å²) in [7, 11) is 0. The Morgan fingerprint density at radius 2 is 2.18 bits per heavy atom. The molecule has 17 heavy (non-hydrogen) atoms. The van der Waals surface area contributed by atoms with Crippen LogP contribution in [0.4, 0.5) is 0 Å². The lowest BCUT2D eigenvalue weighted by atomic mass is 9.81. The lowest BCUT2D eigenvalue weighted by Crippen LogP contribution is -2.32. The SMILES string of the molecule is [N-]=[N+]=NC(=O)C1(c2cccc(Cl)n2)CCCC1. The highest BCUT2D eigenvalue weighted by atomic mass is 35.5. The van der Waals surface area contributed by atoms with E-state index in [9.17, 15) is 4.79 Å². The number of hydrogen-bond acceptors (Lipinski definition) is 2. The number of nitrogens with zero attached hydrogens (tertiary/aromatic N) is 4. The average molecular weight is 251 g/mol. The summed E-state index contributed by atoms with van der Waals surface area (Å²) in [6.45, 7) is 0. The molecule has 0 radical (unpaired) electrons. The molecule has 1 aliphatic rings. The van der Waals surface area contributed by atoms with E-state index in [1.54, 1.807) is 18.2 Å². The molecule has 2 rings (SSSR count). The van der Waals surface area contributed by atoms with Crippen LogP contribution in [0.3, 0.4) is 0 Å². The quantitative estimate of drug-likeness (QED) is 0.349. The van der Waals surface area contributed by atoms with Gasteiger partial charge in [0.15, 0.2) is 0 Å². The molecular formula is C11H11ClN4O.